The lowest BCUT2D eigenvalue weighted by atomic mass is 9.90. The average Bonchev–Trinajstić information content (AvgIpc) is 3.52. The van der Waals surface area contributed by atoms with Crippen LogP contribution in [0.25, 0.3) is 0 Å². The van der Waals surface area contributed by atoms with Gasteiger partial charge in [0.05, 0.1) is 11.0 Å². The molecule has 234 valence electrons. The van der Waals surface area contributed by atoms with Gasteiger partial charge in [-0.15, -0.1) is 0 Å². The third-order valence-electron chi connectivity index (χ3n) is 8.70. The first kappa shape index (κ1) is 31.4. The van der Waals surface area contributed by atoms with Crippen LogP contribution in [-0.4, -0.2) is 68.0 Å². The Kier molecular flexibility index (Phi) is 10.0. The third kappa shape index (κ3) is 7.74. The summed E-state index contributed by atoms with van der Waals surface area (Å²) in [6.07, 6.45) is 7.73. The maximum Gasteiger partial charge on any atom is 0.246 e. The molecule has 1 saturated carbocycles. The van der Waals surface area contributed by atoms with Crippen LogP contribution >= 0.6 is 0 Å². The predicted octanol–water partition coefficient (Wildman–Crippen LogP) is 4.10. The topological polar surface area (TPSA) is 114 Å². The zero-order valence-electron chi connectivity index (χ0n) is 24.7. The van der Waals surface area contributed by atoms with Crippen LogP contribution in [0.4, 0.5) is 4.39 Å². The molecule has 1 aliphatic carbocycles. The first-order valence-electron chi connectivity index (χ1n) is 15.4. The summed E-state index contributed by atoms with van der Waals surface area (Å²) < 4.78 is 53.7. The second-order valence-electron chi connectivity index (χ2n) is 12.1. The summed E-state index contributed by atoms with van der Waals surface area (Å²) >= 11 is 0. The molecule has 1 unspecified atom stereocenters. The highest BCUT2D eigenvalue weighted by molar-refractivity contribution is 7.89. The van der Waals surface area contributed by atoms with Crippen molar-refractivity contribution >= 4 is 21.8 Å². The largest absolute Gasteiger partial charge is 0.490 e. The molecule has 0 bridgehead atoms. The summed E-state index contributed by atoms with van der Waals surface area (Å²) in [5.41, 5.74) is -0.536. The van der Waals surface area contributed by atoms with E-state index in [9.17, 15) is 22.4 Å². The summed E-state index contributed by atoms with van der Waals surface area (Å²) in [5.74, 6) is -0.788. The monoisotopic (exact) mass is 615 g/mol. The summed E-state index contributed by atoms with van der Waals surface area (Å²) in [4.78, 5) is 27.5. The smallest absolute Gasteiger partial charge is 0.246 e. The molecule has 2 atom stereocenters. The molecule has 0 radical (unpaired) electrons. The number of nitrogens with one attached hydrogen (secondary N) is 2. The van der Waals surface area contributed by atoms with E-state index in [1.54, 1.807) is 6.92 Å². The van der Waals surface area contributed by atoms with Crippen molar-refractivity contribution in [1.29, 1.82) is 0 Å². The van der Waals surface area contributed by atoms with Gasteiger partial charge in [-0.3, -0.25) is 9.59 Å². The van der Waals surface area contributed by atoms with Gasteiger partial charge >= 0.3 is 0 Å². The van der Waals surface area contributed by atoms with Crippen molar-refractivity contribution in [3.63, 3.8) is 0 Å². The molecule has 9 nitrogen and oxygen atoms in total. The number of nitrogens with zero attached hydrogens (tertiary/aromatic N) is 1. The molecule has 3 fully saturated rings. The number of carbonyl (C=O) groups excluding carboxylic acids is 2. The Balaban J connectivity index is 1.36. The SMILES string of the molecule is CC(Cc1ccc(OC2CCCC2)cc1)(NC(=O)[C@@H]1CCCCN1S(=O)(=O)c1cccc(F)c1)C(=O)NC1CCOCC1. The van der Waals surface area contributed by atoms with Gasteiger partial charge in [-0.1, -0.05) is 24.6 Å². The summed E-state index contributed by atoms with van der Waals surface area (Å²) in [6, 6.07) is 11.3. The van der Waals surface area contributed by atoms with Crippen LogP contribution in [0.5, 0.6) is 5.75 Å². The van der Waals surface area contributed by atoms with Gasteiger partial charge in [0.1, 0.15) is 23.1 Å². The lowest BCUT2D eigenvalue weighted by Gasteiger charge is -2.38. The second-order valence-corrected chi connectivity index (χ2v) is 14.0. The minimum absolute atomic E-state index is 0.0841. The number of amides is 2. The van der Waals surface area contributed by atoms with Crippen molar-refractivity contribution in [2.45, 2.75) is 99.8 Å². The van der Waals surface area contributed by atoms with Gasteiger partial charge in [-0.2, -0.15) is 4.31 Å². The fraction of sp³-hybridized carbons (Fsp3) is 0.562. The molecular weight excluding hydrogens is 573 g/mol. The van der Waals surface area contributed by atoms with Crippen LogP contribution in [0, 0.1) is 5.82 Å². The number of rotatable bonds is 10. The fourth-order valence-corrected chi connectivity index (χ4v) is 7.92. The standard InChI is InChI=1S/C32H42FN3O6S/c1-32(31(38)34-25-16-19-41-20-17-25,22-23-12-14-27(15-13-23)42-26-8-2-3-9-26)35-30(37)29-11-4-5-18-36(29)43(39,40)28-10-6-7-24(33)21-28/h6-7,10,12-15,21,25-26,29H,2-5,8-9,11,16-20,22H2,1H3,(H,34,38)(H,35,37)/t29-,32?/m0/s1. The van der Waals surface area contributed by atoms with E-state index >= 15 is 0 Å². The van der Waals surface area contributed by atoms with Crippen molar-refractivity contribution in [2.75, 3.05) is 19.8 Å². The third-order valence-corrected chi connectivity index (χ3v) is 10.6. The molecule has 43 heavy (non-hydrogen) atoms. The van der Waals surface area contributed by atoms with E-state index in [2.05, 4.69) is 10.6 Å². The number of sulfonamides is 1. The number of carbonyl (C=O) groups is 2. The average molecular weight is 616 g/mol. The Bertz CT molecular complexity index is 1380. The van der Waals surface area contributed by atoms with Crippen LogP contribution in [0.3, 0.4) is 0 Å². The first-order valence-corrected chi connectivity index (χ1v) is 16.8. The zero-order chi connectivity index (χ0) is 30.5. The first-order chi connectivity index (χ1) is 20.6. The molecule has 0 spiro atoms. The van der Waals surface area contributed by atoms with Gasteiger partial charge in [0.25, 0.3) is 0 Å². The maximum absolute atomic E-state index is 13.9. The molecule has 11 heteroatoms. The molecule has 2 heterocycles. The number of halogens is 1. The number of piperidine rings is 1. The van der Waals surface area contributed by atoms with Crippen LogP contribution in [-0.2, 0) is 30.8 Å². The molecule has 3 aliphatic rings. The van der Waals surface area contributed by atoms with Gasteiger partial charge in [0.2, 0.25) is 21.8 Å². The fourth-order valence-electron chi connectivity index (χ4n) is 6.23. The van der Waals surface area contributed by atoms with Crippen molar-refractivity contribution in [2.24, 2.45) is 0 Å². The number of ether oxygens (including phenoxy) is 2. The van der Waals surface area contributed by atoms with Crippen molar-refractivity contribution in [1.82, 2.24) is 14.9 Å². The molecule has 2 aromatic carbocycles. The van der Waals surface area contributed by atoms with E-state index < -0.39 is 33.3 Å². The number of benzene rings is 2. The minimum Gasteiger partial charge on any atom is -0.490 e. The Morgan fingerprint density at radius 1 is 1.00 bits per heavy atom. The van der Waals surface area contributed by atoms with Crippen LogP contribution in [0.2, 0.25) is 0 Å². The lowest BCUT2D eigenvalue weighted by Crippen LogP contribution is -2.63. The summed E-state index contributed by atoms with van der Waals surface area (Å²) in [6.45, 7) is 2.90. The highest BCUT2D eigenvalue weighted by Gasteiger charge is 2.43. The number of hydrogen-bond donors (Lipinski definition) is 2. The van der Waals surface area contributed by atoms with E-state index in [0.29, 0.717) is 45.3 Å². The highest BCUT2D eigenvalue weighted by atomic mass is 32.2. The van der Waals surface area contributed by atoms with E-state index in [4.69, 9.17) is 9.47 Å². The molecule has 5 rings (SSSR count). The molecule has 0 aromatic heterocycles. The molecule has 2 saturated heterocycles. The highest BCUT2D eigenvalue weighted by Crippen LogP contribution is 2.28. The quantitative estimate of drug-likeness (QED) is 0.416. The number of hydrogen-bond acceptors (Lipinski definition) is 6. The van der Waals surface area contributed by atoms with E-state index in [1.807, 2.05) is 24.3 Å². The Morgan fingerprint density at radius 3 is 2.40 bits per heavy atom. The Hall–Kier alpha value is -3.02. The lowest BCUT2D eigenvalue weighted by molar-refractivity contribution is -0.136. The summed E-state index contributed by atoms with van der Waals surface area (Å²) in [7, 11) is -4.15. The van der Waals surface area contributed by atoms with Gasteiger partial charge in [-0.25, -0.2) is 12.8 Å². The summed E-state index contributed by atoms with van der Waals surface area (Å²) in [5, 5.41) is 6.03. The van der Waals surface area contributed by atoms with Crippen LogP contribution < -0.4 is 15.4 Å². The molecule has 2 amide bonds. The molecule has 2 aliphatic heterocycles. The van der Waals surface area contributed by atoms with Gasteiger partial charge in [-0.05, 0) is 94.2 Å². The minimum atomic E-state index is -4.15. The van der Waals surface area contributed by atoms with E-state index in [0.717, 1.165) is 34.5 Å². The van der Waals surface area contributed by atoms with E-state index in [1.165, 1.54) is 31.0 Å². The Morgan fingerprint density at radius 2 is 1.70 bits per heavy atom. The van der Waals surface area contributed by atoms with Crippen molar-refractivity contribution in [3.8, 4) is 5.75 Å². The van der Waals surface area contributed by atoms with Crippen LogP contribution in [0.1, 0.15) is 70.3 Å². The maximum atomic E-state index is 13.9. The van der Waals surface area contributed by atoms with Gasteiger partial charge < -0.3 is 20.1 Å². The Labute approximate surface area is 253 Å². The van der Waals surface area contributed by atoms with Crippen LogP contribution in [0.15, 0.2) is 53.4 Å². The van der Waals surface area contributed by atoms with Crippen molar-refractivity contribution in [3.05, 3.63) is 59.9 Å². The zero-order valence-corrected chi connectivity index (χ0v) is 25.5. The molecular formula is C32H42FN3O6S. The molecule has 2 aromatic rings. The van der Waals surface area contributed by atoms with Gasteiger partial charge in [0, 0.05) is 32.2 Å². The predicted molar refractivity (Wildman–Crippen MR) is 159 cm³/mol. The normalized spacial score (nSPS) is 22.0. The van der Waals surface area contributed by atoms with E-state index in [-0.39, 0.29) is 35.9 Å². The van der Waals surface area contributed by atoms with Crippen molar-refractivity contribution < 1.29 is 31.9 Å². The van der Waals surface area contributed by atoms with Gasteiger partial charge in [0.15, 0.2) is 0 Å². The second kappa shape index (κ2) is 13.7. The molecule has 2 N–H and O–H groups in total.